The van der Waals surface area contributed by atoms with Gasteiger partial charge in [0.15, 0.2) is 5.16 Å². The first-order valence-corrected chi connectivity index (χ1v) is 6.84. The minimum Gasteiger partial charge on any atom is -0.548 e. The smallest absolute Gasteiger partial charge is 0.169 e. The van der Waals surface area contributed by atoms with E-state index in [1.165, 1.54) is 0 Å². The van der Waals surface area contributed by atoms with Crippen molar-refractivity contribution in [3.63, 3.8) is 0 Å². The van der Waals surface area contributed by atoms with Crippen LogP contribution in [-0.4, -0.2) is 21.3 Å². The molecule has 0 aliphatic carbocycles. The zero-order chi connectivity index (χ0) is 13.1. The first-order valence-electron chi connectivity index (χ1n) is 5.86. The van der Waals surface area contributed by atoms with E-state index in [-0.39, 0.29) is 6.54 Å². The minimum atomic E-state index is -1.09. The molecule has 5 heteroatoms. The molecule has 0 unspecified atom stereocenters. The summed E-state index contributed by atoms with van der Waals surface area (Å²) in [7, 11) is 0. The molecule has 0 atom stereocenters. The molecule has 96 valence electrons. The highest BCUT2D eigenvalue weighted by atomic mass is 32.2. The van der Waals surface area contributed by atoms with Crippen LogP contribution in [0.4, 0.5) is 0 Å². The van der Waals surface area contributed by atoms with Crippen molar-refractivity contribution in [3.05, 3.63) is 24.3 Å². The Morgan fingerprint density at radius 1 is 1.44 bits per heavy atom. The Balaban J connectivity index is 2.39. The molecule has 1 aromatic carbocycles. The topological polar surface area (TPSA) is 58.0 Å². The normalized spacial score (nSPS) is 11.3. The summed E-state index contributed by atoms with van der Waals surface area (Å²) in [6, 6.07) is 7.55. The predicted octanol–water partition coefficient (Wildman–Crippen LogP) is 1.53. The van der Waals surface area contributed by atoms with Gasteiger partial charge in [0.1, 0.15) is 0 Å². The number of aliphatic carboxylic acids is 1. The number of benzene rings is 1. The van der Waals surface area contributed by atoms with Gasteiger partial charge in [-0.25, -0.2) is 4.98 Å². The van der Waals surface area contributed by atoms with Crippen molar-refractivity contribution in [2.24, 2.45) is 5.92 Å². The number of aromatic nitrogens is 2. The summed E-state index contributed by atoms with van der Waals surface area (Å²) >= 11 is 1.58. The lowest BCUT2D eigenvalue weighted by Gasteiger charge is -2.10. The number of imidazole rings is 1. The summed E-state index contributed by atoms with van der Waals surface area (Å²) < 4.78 is 1.71. The molecule has 0 aliphatic rings. The Kier molecular flexibility index (Phi) is 3.91. The van der Waals surface area contributed by atoms with Gasteiger partial charge in [-0.15, -0.1) is 0 Å². The standard InChI is InChI=1S/C13H16N2O2S/c1-9(2)8-18-13-14-10-5-3-4-6-11(10)15(13)7-12(16)17/h3-6,9H,7-8H2,1-2H3,(H,16,17)/p-1. The molecular formula is C13H15N2O2S-. The zero-order valence-corrected chi connectivity index (χ0v) is 11.2. The average molecular weight is 263 g/mol. The van der Waals surface area contributed by atoms with Gasteiger partial charge in [0, 0.05) is 5.75 Å². The van der Waals surface area contributed by atoms with E-state index >= 15 is 0 Å². The van der Waals surface area contributed by atoms with Crippen molar-refractivity contribution in [3.8, 4) is 0 Å². The third-order valence-electron chi connectivity index (χ3n) is 2.45. The van der Waals surface area contributed by atoms with Crippen molar-refractivity contribution in [1.29, 1.82) is 0 Å². The van der Waals surface area contributed by atoms with Crippen LogP contribution < -0.4 is 5.11 Å². The number of carboxylic acid groups (broad SMARTS) is 1. The first-order chi connectivity index (χ1) is 8.58. The number of carboxylic acids is 1. The molecule has 0 N–H and O–H groups in total. The summed E-state index contributed by atoms with van der Waals surface area (Å²) in [6.45, 7) is 4.10. The number of thioether (sulfide) groups is 1. The van der Waals surface area contributed by atoms with E-state index < -0.39 is 5.97 Å². The largest absolute Gasteiger partial charge is 0.548 e. The Bertz CT molecular complexity index is 563. The van der Waals surface area contributed by atoms with Crippen LogP contribution in [0.25, 0.3) is 11.0 Å². The van der Waals surface area contributed by atoms with Crippen LogP contribution in [0, 0.1) is 5.92 Å². The summed E-state index contributed by atoms with van der Waals surface area (Å²) in [5.41, 5.74) is 1.66. The van der Waals surface area contributed by atoms with E-state index in [9.17, 15) is 9.90 Å². The van der Waals surface area contributed by atoms with Crippen LogP contribution in [0.2, 0.25) is 0 Å². The Labute approximate surface area is 110 Å². The highest BCUT2D eigenvalue weighted by Gasteiger charge is 2.11. The van der Waals surface area contributed by atoms with E-state index in [1.807, 2.05) is 24.3 Å². The van der Waals surface area contributed by atoms with E-state index in [0.29, 0.717) is 5.92 Å². The van der Waals surface area contributed by atoms with Gasteiger partial charge >= 0.3 is 0 Å². The molecule has 18 heavy (non-hydrogen) atoms. The highest BCUT2D eigenvalue weighted by molar-refractivity contribution is 7.99. The van der Waals surface area contributed by atoms with Crippen LogP contribution in [-0.2, 0) is 11.3 Å². The SMILES string of the molecule is CC(C)CSc1nc2ccccc2n1CC(=O)[O-]. The number of hydrogen-bond acceptors (Lipinski definition) is 4. The molecular weight excluding hydrogens is 248 g/mol. The summed E-state index contributed by atoms with van der Waals surface area (Å²) in [6.07, 6.45) is 0. The molecule has 0 radical (unpaired) electrons. The number of carbonyl (C=O) groups excluding carboxylic acids is 1. The van der Waals surface area contributed by atoms with Crippen LogP contribution in [0.5, 0.6) is 0 Å². The van der Waals surface area contributed by atoms with Crippen LogP contribution in [0.15, 0.2) is 29.4 Å². The second-order valence-electron chi connectivity index (χ2n) is 4.55. The molecule has 0 saturated carbocycles. The number of nitrogens with zero attached hydrogens (tertiary/aromatic N) is 2. The number of rotatable bonds is 5. The molecule has 0 saturated heterocycles. The molecule has 0 bridgehead atoms. The number of hydrogen-bond donors (Lipinski definition) is 0. The third-order valence-corrected chi connectivity index (χ3v) is 3.86. The lowest BCUT2D eigenvalue weighted by molar-refractivity contribution is -0.306. The van der Waals surface area contributed by atoms with Gasteiger partial charge in [-0.1, -0.05) is 37.7 Å². The summed E-state index contributed by atoms with van der Waals surface area (Å²) in [5.74, 6) is 0.354. The monoisotopic (exact) mass is 263 g/mol. The number of carbonyl (C=O) groups is 1. The first kappa shape index (κ1) is 13.0. The summed E-state index contributed by atoms with van der Waals surface area (Å²) in [5, 5.41) is 11.6. The third kappa shape index (κ3) is 2.85. The van der Waals surface area contributed by atoms with Gasteiger partial charge in [0.25, 0.3) is 0 Å². The molecule has 1 heterocycles. The van der Waals surface area contributed by atoms with Gasteiger partial charge in [-0.3, -0.25) is 0 Å². The van der Waals surface area contributed by atoms with E-state index in [1.54, 1.807) is 16.3 Å². The average Bonchev–Trinajstić information content (AvgIpc) is 2.64. The van der Waals surface area contributed by atoms with Crippen LogP contribution >= 0.6 is 11.8 Å². The molecule has 0 spiro atoms. The lowest BCUT2D eigenvalue weighted by atomic mass is 10.3. The van der Waals surface area contributed by atoms with Gasteiger partial charge in [0.2, 0.25) is 0 Å². The maximum atomic E-state index is 10.8. The zero-order valence-electron chi connectivity index (χ0n) is 10.4. The fraction of sp³-hybridized carbons (Fsp3) is 0.385. The van der Waals surface area contributed by atoms with Crippen molar-refractivity contribution in [2.75, 3.05) is 5.75 Å². The van der Waals surface area contributed by atoms with Crippen molar-refractivity contribution in [2.45, 2.75) is 25.5 Å². The fourth-order valence-electron chi connectivity index (χ4n) is 1.69. The van der Waals surface area contributed by atoms with Crippen LogP contribution in [0.1, 0.15) is 13.8 Å². The lowest BCUT2D eigenvalue weighted by Crippen LogP contribution is -2.27. The number of para-hydroxylation sites is 2. The fourth-order valence-corrected chi connectivity index (χ4v) is 2.65. The summed E-state index contributed by atoms with van der Waals surface area (Å²) in [4.78, 5) is 15.3. The Morgan fingerprint density at radius 2 is 2.17 bits per heavy atom. The van der Waals surface area contributed by atoms with E-state index in [0.717, 1.165) is 21.9 Å². The van der Waals surface area contributed by atoms with Crippen molar-refractivity contribution < 1.29 is 9.90 Å². The maximum absolute atomic E-state index is 10.8. The molecule has 1 aromatic heterocycles. The second-order valence-corrected chi connectivity index (χ2v) is 5.53. The molecule has 2 rings (SSSR count). The second kappa shape index (κ2) is 5.44. The maximum Gasteiger partial charge on any atom is 0.169 e. The van der Waals surface area contributed by atoms with E-state index in [2.05, 4.69) is 18.8 Å². The Morgan fingerprint density at radius 3 is 2.83 bits per heavy atom. The highest BCUT2D eigenvalue weighted by Crippen LogP contribution is 2.25. The van der Waals surface area contributed by atoms with Gasteiger partial charge in [-0.05, 0) is 18.1 Å². The van der Waals surface area contributed by atoms with Crippen molar-refractivity contribution >= 4 is 28.8 Å². The van der Waals surface area contributed by atoms with Gasteiger partial charge < -0.3 is 14.5 Å². The van der Waals surface area contributed by atoms with Crippen LogP contribution in [0.3, 0.4) is 0 Å². The predicted molar refractivity (Wildman–Crippen MR) is 70.3 cm³/mol. The molecule has 2 aromatic rings. The molecule has 0 amide bonds. The minimum absolute atomic E-state index is 0.152. The quantitative estimate of drug-likeness (QED) is 0.768. The molecule has 0 fully saturated rings. The van der Waals surface area contributed by atoms with Crippen molar-refractivity contribution in [1.82, 2.24) is 9.55 Å². The number of fused-ring (bicyclic) bond motifs is 1. The molecule has 4 nitrogen and oxygen atoms in total. The molecule has 0 aliphatic heterocycles. The van der Waals surface area contributed by atoms with E-state index in [4.69, 9.17) is 0 Å². The Hall–Kier alpha value is -1.49. The van der Waals surface area contributed by atoms with Gasteiger partial charge in [0.05, 0.1) is 23.5 Å². The van der Waals surface area contributed by atoms with Gasteiger partial charge in [-0.2, -0.15) is 0 Å².